The molecule has 96 valence electrons. The number of rotatable bonds is 6. The van der Waals surface area contributed by atoms with E-state index in [9.17, 15) is 4.79 Å². The molecule has 0 aliphatic carbocycles. The summed E-state index contributed by atoms with van der Waals surface area (Å²) in [5.74, 6) is 0.649. The van der Waals surface area contributed by atoms with Crippen molar-refractivity contribution in [3.63, 3.8) is 0 Å². The molecule has 1 aromatic heterocycles. The van der Waals surface area contributed by atoms with Gasteiger partial charge in [0.25, 0.3) is 0 Å². The van der Waals surface area contributed by atoms with Gasteiger partial charge >= 0.3 is 5.97 Å². The third-order valence-electron chi connectivity index (χ3n) is 2.58. The summed E-state index contributed by atoms with van der Waals surface area (Å²) in [6.45, 7) is 3.99. The van der Waals surface area contributed by atoms with Gasteiger partial charge in [0, 0.05) is 7.05 Å². The van der Waals surface area contributed by atoms with E-state index in [1.807, 2.05) is 18.5 Å². The van der Waals surface area contributed by atoms with E-state index in [1.165, 1.54) is 18.9 Å². The number of methoxy groups -OCH3 is 1. The second-order valence-corrected chi connectivity index (χ2v) is 5.03. The molecule has 0 saturated carbocycles. The van der Waals surface area contributed by atoms with E-state index < -0.39 is 0 Å². The first-order valence-electron chi connectivity index (χ1n) is 5.70. The fraction of sp³-hybridized carbons (Fsp3) is 0.727. The number of thioether (sulfide) groups is 1. The molecule has 0 aliphatic rings. The van der Waals surface area contributed by atoms with E-state index in [0.717, 1.165) is 30.2 Å². The zero-order valence-corrected chi connectivity index (χ0v) is 11.6. The highest BCUT2D eigenvalue weighted by molar-refractivity contribution is 8.00. The Kier molecular flexibility index (Phi) is 5.47. The molecule has 1 rings (SSSR count). The van der Waals surface area contributed by atoms with Gasteiger partial charge in [-0.05, 0) is 13.3 Å². The molecular formula is C11H19N3O2S. The Balaban J connectivity index is 2.71. The lowest BCUT2D eigenvalue weighted by atomic mass is 10.2. The molecule has 17 heavy (non-hydrogen) atoms. The van der Waals surface area contributed by atoms with Crippen LogP contribution in [0, 0.1) is 6.92 Å². The molecule has 1 unspecified atom stereocenters. The first kappa shape index (κ1) is 14.0. The lowest BCUT2D eigenvalue weighted by molar-refractivity contribution is -0.140. The summed E-state index contributed by atoms with van der Waals surface area (Å²) >= 11 is 1.42. The number of esters is 1. The van der Waals surface area contributed by atoms with Gasteiger partial charge in [-0.3, -0.25) is 4.79 Å². The lowest BCUT2D eigenvalue weighted by Gasteiger charge is -2.12. The molecule has 0 bridgehead atoms. The van der Waals surface area contributed by atoms with Crippen LogP contribution in [0.1, 0.15) is 32.0 Å². The van der Waals surface area contributed by atoms with E-state index in [1.54, 1.807) is 0 Å². The van der Waals surface area contributed by atoms with Crippen LogP contribution in [-0.2, 0) is 16.6 Å². The Morgan fingerprint density at radius 2 is 2.24 bits per heavy atom. The monoisotopic (exact) mass is 257 g/mol. The fourth-order valence-corrected chi connectivity index (χ4v) is 2.47. The third kappa shape index (κ3) is 3.73. The zero-order chi connectivity index (χ0) is 12.8. The van der Waals surface area contributed by atoms with Crippen LogP contribution in [0.5, 0.6) is 0 Å². The van der Waals surface area contributed by atoms with Crippen molar-refractivity contribution in [3.8, 4) is 0 Å². The van der Waals surface area contributed by atoms with Crippen molar-refractivity contribution in [1.29, 1.82) is 0 Å². The lowest BCUT2D eigenvalue weighted by Crippen LogP contribution is -2.19. The van der Waals surface area contributed by atoms with Gasteiger partial charge in [-0.15, -0.1) is 10.2 Å². The number of aryl methyl sites for hydroxylation is 1. The minimum absolute atomic E-state index is 0.191. The van der Waals surface area contributed by atoms with Crippen LogP contribution >= 0.6 is 11.8 Å². The fourth-order valence-electron chi connectivity index (χ4n) is 1.36. The maximum atomic E-state index is 11.6. The smallest absolute Gasteiger partial charge is 0.319 e. The van der Waals surface area contributed by atoms with Gasteiger partial charge in [0.2, 0.25) is 0 Å². The Bertz CT molecular complexity index is 379. The number of hydrogen-bond acceptors (Lipinski definition) is 5. The Hall–Kier alpha value is -1.04. The number of carbonyl (C=O) groups is 1. The van der Waals surface area contributed by atoms with Gasteiger partial charge in [-0.2, -0.15) is 0 Å². The van der Waals surface area contributed by atoms with Crippen molar-refractivity contribution < 1.29 is 9.53 Å². The van der Waals surface area contributed by atoms with Gasteiger partial charge in [-0.1, -0.05) is 31.5 Å². The highest BCUT2D eigenvalue weighted by Crippen LogP contribution is 2.26. The van der Waals surface area contributed by atoms with E-state index in [4.69, 9.17) is 4.74 Å². The molecule has 1 atom stereocenters. The predicted octanol–water partition coefficient (Wildman–Crippen LogP) is 1.95. The van der Waals surface area contributed by atoms with Crippen molar-refractivity contribution in [2.24, 2.45) is 7.05 Å². The van der Waals surface area contributed by atoms with Crippen molar-refractivity contribution in [3.05, 3.63) is 5.82 Å². The topological polar surface area (TPSA) is 57.0 Å². The van der Waals surface area contributed by atoms with Crippen LogP contribution in [-0.4, -0.2) is 33.1 Å². The van der Waals surface area contributed by atoms with Crippen molar-refractivity contribution in [2.45, 2.75) is 43.5 Å². The molecule has 0 spiro atoms. The summed E-state index contributed by atoms with van der Waals surface area (Å²) in [5, 5.41) is 8.59. The molecule has 0 saturated heterocycles. The second kappa shape index (κ2) is 6.64. The highest BCUT2D eigenvalue weighted by Gasteiger charge is 2.22. The van der Waals surface area contributed by atoms with Gasteiger partial charge in [0.05, 0.1) is 7.11 Å². The molecule has 6 heteroatoms. The second-order valence-electron chi connectivity index (χ2n) is 3.86. The quantitative estimate of drug-likeness (QED) is 0.576. The number of hydrogen-bond donors (Lipinski definition) is 0. The molecular weight excluding hydrogens is 238 g/mol. The van der Waals surface area contributed by atoms with E-state index in [-0.39, 0.29) is 11.2 Å². The van der Waals surface area contributed by atoms with Crippen LogP contribution < -0.4 is 0 Å². The van der Waals surface area contributed by atoms with Gasteiger partial charge in [0.15, 0.2) is 5.16 Å². The average Bonchev–Trinajstić information content (AvgIpc) is 2.65. The molecule has 0 aliphatic heterocycles. The van der Waals surface area contributed by atoms with Crippen LogP contribution in [0.4, 0.5) is 0 Å². The van der Waals surface area contributed by atoms with Crippen molar-refractivity contribution in [1.82, 2.24) is 14.8 Å². The molecule has 1 heterocycles. The molecule has 0 N–H and O–H groups in total. The number of carbonyl (C=O) groups excluding carboxylic acids is 1. The number of nitrogens with zero attached hydrogens (tertiary/aromatic N) is 3. The van der Waals surface area contributed by atoms with Crippen LogP contribution in [0.2, 0.25) is 0 Å². The SMILES string of the molecule is CCCCC(Sc1nnc(C)n1C)C(=O)OC. The number of ether oxygens (including phenoxy) is 1. The minimum atomic E-state index is -0.192. The maximum absolute atomic E-state index is 11.6. The summed E-state index contributed by atoms with van der Waals surface area (Å²) in [7, 11) is 3.32. The first-order chi connectivity index (χ1) is 8.10. The Labute approximate surface area is 106 Å². The first-order valence-corrected chi connectivity index (χ1v) is 6.58. The summed E-state index contributed by atoms with van der Waals surface area (Å²) in [5.41, 5.74) is 0. The molecule has 5 nitrogen and oxygen atoms in total. The van der Waals surface area contributed by atoms with Gasteiger partial charge in [0.1, 0.15) is 11.1 Å². The summed E-state index contributed by atoms with van der Waals surface area (Å²) in [6.07, 6.45) is 2.87. The summed E-state index contributed by atoms with van der Waals surface area (Å²) in [6, 6.07) is 0. The molecule has 1 aromatic rings. The van der Waals surface area contributed by atoms with Gasteiger partial charge < -0.3 is 9.30 Å². The van der Waals surface area contributed by atoms with Crippen LogP contribution in [0.15, 0.2) is 5.16 Å². The molecule has 0 aromatic carbocycles. The predicted molar refractivity (Wildman–Crippen MR) is 66.9 cm³/mol. The highest BCUT2D eigenvalue weighted by atomic mass is 32.2. The average molecular weight is 257 g/mol. The Morgan fingerprint density at radius 3 is 2.71 bits per heavy atom. The minimum Gasteiger partial charge on any atom is -0.468 e. The molecule has 0 fully saturated rings. The van der Waals surface area contributed by atoms with Crippen molar-refractivity contribution >= 4 is 17.7 Å². The van der Waals surface area contributed by atoms with Gasteiger partial charge in [-0.25, -0.2) is 0 Å². The molecule has 0 amide bonds. The maximum Gasteiger partial charge on any atom is 0.319 e. The Morgan fingerprint density at radius 1 is 1.53 bits per heavy atom. The largest absolute Gasteiger partial charge is 0.468 e. The third-order valence-corrected chi connectivity index (χ3v) is 3.86. The van der Waals surface area contributed by atoms with E-state index in [2.05, 4.69) is 17.1 Å². The number of unbranched alkanes of at least 4 members (excludes halogenated alkanes) is 1. The van der Waals surface area contributed by atoms with Crippen LogP contribution in [0.3, 0.4) is 0 Å². The van der Waals surface area contributed by atoms with E-state index >= 15 is 0 Å². The van der Waals surface area contributed by atoms with Crippen molar-refractivity contribution in [2.75, 3.05) is 7.11 Å². The van der Waals surface area contributed by atoms with Crippen LogP contribution in [0.25, 0.3) is 0 Å². The zero-order valence-electron chi connectivity index (χ0n) is 10.8. The normalized spacial score (nSPS) is 12.5. The summed E-state index contributed by atoms with van der Waals surface area (Å²) < 4.78 is 6.69. The standard InChI is InChI=1S/C11H19N3O2S/c1-5-6-7-9(10(15)16-4)17-11-13-12-8(2)14(11)3/h9H,5-7H2,1-4H3. The summed E-state index contributed by atoms with van der Waals surface area (Å²) in [4.78, 5) is 11.6. The van der Waals surface area contributed by atoms with E-state index in [0.29, 0.717) is 0 Å². The number of aromatic nitrogens is 3. The molecule has 0 radical (unpaired) electrons.